The maximum absolute atomic E-state index is 12.1. The SMILES string of the molecule is CCC(=O)c1cccc(C(=O)O)c1OC(=O)c1ccccc1. The number of carbonyl (C=O) groups is 3. The van der Waals surface area contributed by atoms with Gasteiger partial charge in [-0.05, 0) is 24.3 Å². The van der Waals surface area contributed by atoms with Gasteiger partial charge in [0.25, 0.3) is 0 Å². The summed E-state index contributed by atoms with van der Waals surface area (Å²) < 4.78 is 5.21. The Morgan fingerprint density at radius 2 is 1.59 bits per heavy atom. The number of carboxylic acid groups (broad SMARTS) is 1. The third kappa shape index (κ3) is 3.20. The van der Waals surface area contributed by atoms with Crippen molar-refractivity contribution in [2.24, 2.45) is 0 Å². The minimum absolute atomic E-state index is 0.0895. The van der Waals surface area contributed by atoms with Crippen LogP contribution in [0.25, 0.3) is 0 Å². The summed E-state index contributed by atoms with van der Waals surface area (Å²) in [5.74, 6) is -2.48. The van der Waals surface area contributed by atoms with Crippen LogP contribution in [0.5, 0.6) is 5.75 Å². The molecule has 2 rings (SSSR count). The molecule has 0 bridgehead atoms. The van der Waals surface area contributed by atoms with Gasteiger partial charge in [-0.3, -0.25) is 4.79 Å². The summed E-state index contributed by atoms with van der Waals surface area (Å²) in [7, 11) is 0. The molecular formula is C17H14O5. The first-order chi connectivity index (χ1) is 10.5. The minimum atomic E-state index is -1.26. The molecule has 0 unspecified atom stereocenters. The average molecular weight is 298 g/mol. The molecule has 2 aromatic carbocycles. The van der Waals surface area contributed by atoms with Crippen LogP contribution in [-0.2, 0) is 0 Å². The van der Waals surface area contributed by atoms with E-state index in [1.54, 1.807) is 37.3 Å². The Balaban J connectivity index is 2.46. The molecule has 112 valence electrons. The summed E-state index contributed by atoms with van der Waals surface area (Å²) in [6.45, 7) is 1.65. The second-order valence-electron chi connectivity index (χ2n) is 4.52. The Kier molecular flexibility index (Phi) is 4.68. The molecular weight excluding hydrogens is 284 g/mol. The summed E-state index contributed by atoms with van der Waals surface area (Å²) in [5.41, 5.74) is 0.146. The first kappa shape index (κ1) is 15.4. The van der Waals surface area contributed by atoms with Crippen molar-refractivity contribution in [1.82, 2.24) is 0 Å². The molecule has 0 amide bonds. The van der Waals surface area contributed by atoms with Crippen LogP contribution in [0.1, 0.15) is 44.4 Å². The number of ether oxygens (including phenoxy) is 1. The number of Topliss-reactive ketones (excluding diaryl/α,β-unsaturated/α-hetero) is 1. The van der Waals surface area contributed by atoms with Crippen LogP contribution in [0.2, 0.25) is 0 Å². The van der Waals surface area contributed by atoms with Crippen molar-refractivity contribution in [1.29, 1.82) is 0 Å². The van der Waals surface area contributed by atoms with E-state index in [0.29, 0.717) is 0 Å². The zero-order valence-corrected chi connectivity index (χ0v) is 11.9. The van der Waals surface area contributed by atoms with Gasteiger partial charge in [-0.25, -0.2) is 9.59 Å². The summed E-state index contributed by atoms with van der Waals surface area (Å²) >= 11 is 0. The molecule has 0 saturated carbocycles. The molecule has 0 atom stereocenters. The number of esters is 1. The highest BCUT2D eigenvalue weighted by Crippen LogP contribution is 2.26. The summed E-state index contributed by atoms with van der Waals surface area (Å²) in [6.07, 6.45) is 0.180. The molecule has 0 fully saturated rings. The van der Waals surface area contributed by atoms with Gasteiger partial charge in [-0.2, -0.15) is 0 Å². The van der Waals surface area contributed by atoms with E-state index in [1.807, 2.05) is 0 Å². The number of aromatic carboxylic acids is 1. The van der Waals surface area contributed by atoms with Crippen LogP contribution >= 0.6 is 0 Å². The lowest BCUT2D eigenvalue weighted by molar-refractivity contribution is 0.0681. The molecule has 0 aliphatic rings. The van der Waals surface area contributed by atoms with Crippen LogP contribution < -0.4 is 4.74 Å². The standard InChI is InChI=1S/C17H14O5/c1-2-14(18)12-9-6-10-13(16(19)20)15(12)22-17(21)11-7-4-3-5-8-11/h3-10H,2H2,1H3,(H,19,20). The van der Waals surface area contributed by atoms with Gasteiger partial charge in [0, 0.05) is 6.42 Å². The van der Waals surface area contributed by atoms with Gasteiger partial charge >= 0.3 is 11.9 Å². The zero-order chi connectivity index (χ0) is 16.1. The topological polar surface area (TPSA) is 80.7 Å². The number of rotatable bonds is 5. The number of carbonyl (C=O) groups excluding carboxylic acids is 2. The van der Waals surface area contributed by atoms with Crippen LogP contribution in [0.4, 0.5) is 0 Å². The molecule has 0 radical (unpaired) electrons. The van der Waals surface area contributed by atoms with Gasteiger partial charge in [0.1, 0.15) is 5.56 Å². The van der Waals surface area contributed by atoms with Crippen molar-refractivity contribution < 1.29 is 24.2 Å². The highest BCUT2D eigenvalue weighted by molar-refractivity contribution is 6.04. The van der Waals surface area contributed by atoms with E-state index < -0.39 is 11.9 Å². The number of ketones is 1. The van der Waals surface area contributed by atoms with Crippen LogP contribution in [0.15, 0.2) is 48.5 Å². The second-order valence-corrected chi connectivity index (χ2v) is 4.52. The van der Waals surface area contributed by atoms with E-state index in [0.717, 1.165) is 0 Å². The quantitative estimate of drug-likeness (QED) is 0.521. The van der Waals surface area contributed by atoms with Gasteiger partial charge in [-0.15, -0.1) is 0 Å². The Hall–Kier alpha value is -2.95. The normalized spacial score (nSPS) is 10.0. The van der Waals surface area contributed by atoms with Crippen molar-refractivity contribution in [2.45, 2.75) is 13.3 Å². The fraction of sp³-hybridized carbons (Fsp3) is 0.118. The maximum atomic E-state index is 12.1. The van der Waals surface area contributed by atoms with Gasteiger partial charge in [0.05, 0.1) is 11.1 Å². The van der Waals surface area contributed by atoms with Crippen molar-refractivity contribution in [3.05, 3.63) is 65.2 Å². The van der Waals surface area contributed by atoms with Crippen LogP contribution in [-0.4, -0.2) is 22.8 Å². The number of benzene rings is 2. The smallest absolute Gasteiger partial charge is 0.343 e. The zero-order valence-electron chi connectivity index (χ0n) is 11.9. The molecule has 2 aromatic rings. The fourth-order valence-electron chi connectivity index (χ4n) is 1.95. The van der Waals surface area contributed by atoms with E-state index >= 15 is 0 Å². The monoisotopic (exact) mass is 298 g/mol. The molecule has 5 nitrogen and oxygen atoms in total. The highest BCUT2D eigenvalue weighted by atomic mass is 16.5. The summed E-state index contributed by atoms with van der Waals surface area (Å²) in [5, 5.41) is 9.23. The van der Waals surface area contributed by atoms with Crippen molar-refractivity contribution >= 4 is 17.7 Å². The molecule has 0 saturated heterocycles. The van der Waals surface area contributed by atoms with E-state index in [2.05, 4.69) is 0 Å². The molecule has 5 heteroatoms. The first-order valence-corrected chi connectivity index (χ1v) is 6.71. The Labute approximate surface area is 127 Å². The van der Waals surface area contributed by atoms with Crippen LogP contribution in [0, 0.1) is 0 Å². The fourth-order valence-corrected chi connectivity index (χ4v) is 1.95. The average Bonchev–Trinajstić information content (AvgIpc) is 2.54. The predicted molar refractivity (Wildman–Crippen MR) is 79.4 cm³/mol. The van der Waals surface area contributed by atoms with Crippen molar-refractivity contribution in [3.63, 3.8) is 0 Å². The highest BCUT2D eigenvalue weighted by Gasteiger charge is 2.22. The van der Waals surface area contributed by atoms with Gasteiger partial charge < -0.3 is 9.84 Å². The molecule has 22 heavy (non-hydrogen) atoms. The molecule has 0 aromatic heterocycles. The second kappa shape index (κ2) is 6.67. The Bertz CT molecular complexity index is 719. The third-order valence-electron chi connectivity index (χ3n) is 3.07. The molecule has 0 aliphatic carbocycles. The number of hydrogen-bond donors (Lipinski definition) is 1. The first-order valence-electron chi connectivity index (χ1n) is 6.71. The molecule has 1 N–H and O–H groups in total. The van der Waals surface area contributed by atoms with Gasteiger partial charge in [0.15, 0.2) is 11.5 Å². The van der Waals surface area contributed by atoms with Gasteiger partial charge in [0.2, 0.25) is 0 Å². The Morgan fingerprint density at radius 1 is 0.955 bits per heavy atom. The Morgan fingerprint density at radius 3 is 2.18 bits per heavy atom. The van der Waals surface area contributed by atoms with E-state index in [4.69, 9.17) is 4.74 Å². The maximum Gasteiger partial charge on any atom is 0.343 e. The lowest BCUT2D eigenvalue weighted by atomic mass is 10.0. The van der Waals surface area contributed by atoms with Crippen molar-refractivity contribution in [2.75, 3.05) is 0 Å². The van der Waals surface area contributed by atoms with Gasteiger partial charge in [-0.1, -0.05) is 31.2 Å². The molecule has 0 aliphatic heterocycles. The minimum Gasteiger partial charge on any atom is -0.478 e. The van der Waals surface area contributed by atoms with Crippen LogP contribution in [0.3, 0.4) is 0 Å². The van der Waals surface area contributed by atoms with E-state index in [9.17, 15) is 19.5 Å². The molecule has 0 spiro atoms. The third-order valence-corrected chi connectivity index (χ3v) is 3.07. The lowest BCUT2D eigenvalue weighted by Gasteiger charge is -2.11. The van der Waals surface area contributed by atoms with E-state index in [1.165, 1.54) is 18.2 Å². The molecule has 0 heterocycles. The number of para-hydroxylation sites is 1. The number of hydrogen-bond acceptors (Lipinski definition) is 4. The largest absolute Gasteiger partial charge is 0.478 e. The van der Waals surface area contributed by atoms with Crippen molar-refractivity contribution in [3.8, 4) is 5.75 Å². The summed E-state index contributed by atoms with van der Waals surface area (Å²) in [4.78, 5) is 35.4. The number of carboxylic acids is 1. The predicted octanol–water partition coefficient (Wildman–Crippen LogP) is 3.20. The summed E-state index contributed by atoms with van der Waals surface area (Å²) in [6, 6.07) is 12.4. The lowest BCUT2D eigenvalue weighted by Crippen LogP contribution is -2.14. The van der Waals surface area contributed by atoms with E-state index in [-0.39, 0.29) is 34.6 Å².